The minimum atomic E-state index is -2.30. The first-order valence-corrected chi connectivity index (χ1v) is 58.7. The fourth-order valence-corrected chi connectivity index (χ4v) is 17.1. The van der Waals surface area contributed by atoms with Gasteiger partial charge in [0.05, 0.1) is 50.4 Å². The molecule has 2 aliphatic rings. The number of rotatable bonds is 37. The van der Waals surface area contributed by atoms with Gasteiger partial charge in [0.25, 0.3) is 5.91 Å². The second-order valence-electron chi connectivity index (χ2n) is 43.2. The number of hydrogen-bond acceptors (Lipinski definition) is 10. The summed E-state index contributed by atoms with van der Waals surface area (Å²) in [6, 6.07) is 60.0. The number of aryl methyl sites for hydroxylation is 7. The zero-order chi connectivity index (χ0) is 107. The lowest BCUT2D eigenvalue weighted by atomic mass is 9.97. The summed E-state index contributed by atoms with van der Waals surface area (Å²) in [5.74, 6) is 9.21. The lowest BCUT2D eigenvalue weighted by Gasteiger charge is -2.36. The number of hydroxylamine groups is 2. The van der Waals surface area contributed by atoms with Gasteiger partial charge in [-0.1, -0.05) is 307 Å². The third-order valence-corrected chi connectivity index (χ3v) is 31.8. The Bertz CT molecular complexity index is 5430. The molecule has 1 unspecified atom stereocenters. The van der Waals surface area contributed by atoms with Crippen LogP contribution < -0.4 is 0 Å². The van der Waals surface area contributed by atoms with Crippen LogP contribution in [0.25, 0.3) is 16.5 Å². The maximum atomic E-state index is 11.7. The van der Waals surface area contributed by atoms with E-state index in [1.54, 1.807) is 14.2 Å². The highest BCUT2D eigenvalue weighted by molar-refractivity contribution is 7.95. The molecule has 0 saturated carbocycles. The van der Waals surface area contributed by atoms with Crippen LogP contribution in [0.5, 0.6) is 0 Å². The molecule has 5 aromatic heterocycles. The summed E-state index contributed by atoms with van der Waals surface area (Å²) in [5, 5.41) is 2.86. The van der Waals surface area contributed by atoms with E-state index in [0.29, 0.717) is 89.4 Å². The molecule has 0 spiro atoms. The van der Waals surface area contributed by atoms with Gasteiger partial charge >= 0.3 is 5.97 Å². The summed E-state index contributed by atoms with van der Waals surface area (Å²) in [5.41, 5.74) is 22.8. The number of fused-ring (bicyclic) bond motifs is 2. The molecule has 0 radical (unpaired) electrons. The summed E-state index contributed by atoms with van der Waals surface area (Å²) in [6.07, 6.45) is 35.5. The van der Waals surface area contributed by atoms with E-state index in [2.05, 4.69) is 439 Å². The maximum absolute atomic E-state index is 11.7. The van der Waals surface area contributed by atoms with E-state index in [4.69, 9.17) is 22.9 Å². The topological polar surface area (TPSA) is 138 Å². The lowest BCUT2D eigenvalue weighted by Crippen LogP contribution is -2.41. The van der Waals surface area contributed by atoms with E-state index in [-0.39, 0.29) is 11.9 Å². The normalized spacial score (nSPS) is 12.8. The average Bonchev–Trinajstić information content (AvgIpc) is 1.67. The molecule has 6 heterocycles. The van der Waals surface area contributed by atoms with Crippen LogP contribution in [0.2, 0.25) is 18.1 Å². The fourth-order valence-electron chi connectivity index (χ4n) is 15.5. The molecule has 1 amide bonds. The van der Waals surface area contributed by atoms with Crippen LogP contribution in [-0.2, 0) is 101 Å². The Kier molecular flexibility index (Phi) is 59.5. The van der Waals surface area contributed by atoms with Crippen molar-refractivity contribution in [3.05, 3.63) is 315 Å². The van der Waals surface area contributed by atoms with Gasteiger partial charge in [-0.25, -0.2) is 9.27 Å². The van der Waals surface area contributed by atoms with Gasteiger partial charge in [0.1, 0.15) is 0 Å². The molecule has 1 fully saturated rings. The van der Waals surface area contributed by atoms with Gasteiger partial charge < -0.3 is 41.5 Å². The molecule has 16 nitrogen and oxygen atoms in total. The summed E-state index contributed by atoms with van der Waals surface area (Å²) >= 11 is 0. The number of aromatic nitrogens is 5. The van der Waals surface area contributed by atoms with Crippen molar-refractivity contribution in [2.45, 2.75) is 348 Å². The smallest absolute Gasteiger partial charge is 0.305 e. The number of hydrogen-bond donors (Lipinski definition) is 0. The molecule has 798 valence electrons. The number of esters is 1. The molecule has 13 rings (SSSR count). The number of allylic oxidation sites excluding steroid dienone is 2. The summed E-state index contributed by atoms with van der Waals surface area (Å²) in [7, 11) is 4.43. The standard InChI is InChI=1S/C16H31NOSi.C14H24N2O.C13H18O2.C13H20.C12H21NO2S.C12H17NO2.C12H15N.C12H14.C11H19N.C11H16O/c1-14(2)15-9-11-17(13-15)10-8-12-18-19(6,7)16(3,4)5;1-13(2)14-4-7-16(12-14)6-3-5-15-8-10-17-11-9-15;1-10(2)12-7-4-11(5-8-12)6-9-13(14)15-3;1-4-5-6-12-7-9-13(10-8-12)11(2)3;1-11(2)12-6-8-13(10-12)7-5-9-15-16(3,4)14;1-9(2)10-5-7-11(8-6-10)12(14)13(3)15-4;1-9(2)10-4-5-12-11(8-10)6-7-13(12)3;1-9(2)11-8-7-10-5-3-4-6-12(10)11;1-4-5-7-12-8-6-11(9-12)10(2)3;1-9(2)11-6-4-10(5-7-11)8-12-3/h9,11,13-14H,8,10,12H2,1-7H3;4,7,12-13H,3,5-6,8-11H2,1-2H3;4-5,7-8,10H,6,9H2,1-3H3;7-11H,4-6H2,1-3H3;6,8,10-11H,3,5,7,9H2,1-2,4H3;5-9H,1-4H3;4-9H,1-3H3;3-6,8-9H,7H2,1-2H3;6,8-10H,4-5,7H2,1-3H3;4-7,9H,8H2,1-3H3. The maximum Gasteiger partial charge on any atom is 0.305 e. The first kappa shape index (κ1) is 127. The highest BCUT2D eigenvalue weighted by Crippen LogP contribution is 2.37. The predicted molar refractivity (Wildman–Crippen MR) is 621 cm³/mol. The number of unbranched alkanes of at least 4 members (excludes halogenated alkanes) is 2. The molecule has 1 aliphatic carbocycles. The first-order valence-electron chi connectivity index (χ1n) is 53.8. The Morgan fingerprint density at radius 2 is 0.868 bits per heavy atom. The lowest BCUT2D eigenvalue weighted by molar-refractivity contribution is -0.140. The third kappa shape index (κ3) is 49.4. The monoisotopic (exact) mass is 2010 g/mol. The molecule has 0 N–H and O–H groups in total. The number of benzene rings is 6. The molecule has 1 saturated heterocycles. The second-order valence-corrected chi connectivity index (χ2v) is 50.1. The minimum Gasteiger partial charge on any atom is -0.469 e. The van der Waals surface area contributed by atoms with Gasteiger partial charge in [0, 0.05) is 153 Å². The molecular formula is C126H195N7O9SSi. The van der Waals surface area contributed by atoms with Gasteiger partial charge in [-0.3, -0.25) is 23.5 Å². The van der Waals surface area contributed by atoms with Crippen LogP contribution in [-0.4, -0.2) is 144 Å². The van der Waals surface area contributed by atoms with E-state index in [0.717, 1.165) is 78.2 Å². The van der Waals surface area contributed by atoms with Crippen molar-refractivity contribution in [2.24, 2.45) is 13.0 Å². The van der Waals surface area contributed by atoms with Crippen molar-refractivity contribution in [2.75, 3.05) is 80.7 Å². The molecule has 18 heteroatoms. The first-order chi connectivity index (χ1) is 68.1. The van der Waals surface area contributed by atoms with Gasteiger partial charge in [0.15, 0.2) is 8.32 Å². The van der Waals surface area contributed by atoms with Crippen molar-refractivity contribution >= 4 is 52.3 Å². The molecule has 6 aromatic carbocycles. The quantitative estimate of drug-likeness (QED) is 0.0122. The van der Waals surface area contributed by atoms with Crippen molar-refractivity contribution in [1.82, 2.24) is 32.8 Å². The van der Waals surface area contributed by atoms with Crippen molar-refractivity contribution < 1.29 is 41.5 Å². The van der Waals surface area contributed by atoms with Gasteiger partial charge in [-0.05, 0) is 278 Å². The van der Waals surface area contributed by atoms with Crippen LogP contribution in [0, 0.1) is 5.92 Å². The molecule has 0 bridgehead atoms. The van der Waals surface area contributed by atoms with E-state index >= 15 is 0 Å². The van der Waals surface area contributed by atoms with Crippen molar-refractivity contribution in [3.8, 4) is 0 Å². The minimum absolute atomic E-state index is 0.132. The van der Waals surface area contributed by atoms with E-state index in [1.165, 1.54) is 172 Å². The van der Waals surface area contributed by atoms with Crippen molar-refractivity contribution in [1.29, 1.82) is 0 Å². The Labute approximate surface area is 877 Å². The number of amides is 1. The van der Waals surface area contributed by atoms with Crippen LogP contribution >= 0.6 is 0 Å². The zero-order valence-electron chi connectivity index (χ0n) is 95.9. The number of carbonyl (C=O) groups excluding carboxylic acids is 2. The van der Waals surface area contributed by atoms with Gasteiger partial charge in [0.2, 0.25) is 0 Å². The van der Waals surface area contributed by atoms with E-state index < -0.39 is 18.1 Å². The highest BCUT2D eigenvalue weighted by Gasteiger charge is 2.37. The Balaban J connectivity index is 0.000000334. The highest BCUT2D eigenvalue weighted by atomic mass is 32.2. The van der Waals surface area contributed by atoms with E-state index in [9.17, 15) is 13.8 Å². The molecule has 144 heavy (non-hydrogen) atoms. The second kappa shape index (κ2) is 67.5. The van der Waals surface area contributed by atoms with Crippen molar-refractivity contribution in [3.63, 3.8) is 0 Å². The van der Waals surface area contributed by atoms with Crippen LogP contribution in [0.1, 0.15) is 366 Å². The van der Waals surface area contributed by atoms with Gasteiger partial charge in [-0.2, -0.15) is 0 Å². The summed E-state index contributed by atoms with van der Waals surface area (Å²) in [6.45, 7) is 71.7. The number of carbonyl (C=O) groups is 2. The SMILES string of the molecule is C=S(C)(=O)OCCCn1ccc(C(C)C)c1.CC(C)C1=CCc2ccccc21.CC(C)c1ccc2c(ccn2C)c1.CC(C)c1ccn(CCCN2CCOCC2)c1.CC(C)c1ccn(CCCO[Si](C)(C)C(C)(C)C)c1.CCCCc1ccc(C(C)C)cc1.CCCCn1ccc(C(C)C)c1.COC(=O)CCc1ccc(C(C)C)cc1.COCc1ccc(C(C)C)cc1.CON(C)C(=O)c1ccc(C(C)C)cc1. The average molecular weight is 2010 g/mol. The third-order valence-electron chi connectivity index (χ3n) is 26.6. The molecule has 1 aliphatic heterocycles. The Morgan fingerprint density at radius 3 is 1.26 bits per heavy atom. The number of morpholine rings is 1. The number of ether oxygens (including phenoxy) is 3. The van der Waals surface area contributed by atoms with E-state index in [1.807, 2.05) is 24.3 Å². The largest absolute Gasteiger partial charge is 0.469 e. The summed E-state index contributed by atoms with van der Waals surface area (Å²) in [4.78, 5) is 29.9. The Morgan fingerprint density at radius 1 is 0.465 bits per heavy atom. The summed E-state index contributed by atoms with van der Waals surface area (Å²) < 4.78 is 48.6. The molecular weight excluding hydrogens is 1820 g/mol. The Hall–Kier alpha value is -9.34. The zero-order valence-corrected chi connectivity index (χ0v) is 97.7. The predicted octanol–water partition coefficient (Wildman–Crippen LogP) is 32.1. The molecule has 11 aromatic rings. The van der Waals surface area contributed by atoms with Crippen LogP contribution in [0.4, 0.5) is 0 Å². The molecule has 1 atom stereocenters. The van der Waals surface area contributed by atoms with Crippen LogP contribution in [0.3, 0.4) is 0 Å². The number of methoxy groups -OCH3 is 2. The van der Waals surface area contributed by atoms with Gasteiger partial charge in [-0.15, -0.1) is 0 Å². The number of nitrogens with zero attached hydrogens (tertiary/aromatic N) is 7. The van der Waals surface area contributed by atoms with Crippen LogP contribution in [0.15, 0.2) is 232 Å². The fraction of sp³-hybridized carbons (Fsp3) is 0.532.